The number of nitrogen functional groups attached to an aromatic ring is 1. The lowest BCUT2D eigenvalue weighted by Crippen LogP contribution is -2.26. The zero-order chi connectivity index (χ0) is 15.2. The number of aromatic nitrogens is 1. The number of anilines is 1. The Morgan fingerprint density at radius 2 is 2.19 bits per heavy atom. The minimum atomic E-state index is -0.602. The number of nitrogens with two attached hydrogens (primary N) is 1. The Morgan fingerprint density at radius 1 is 1.38 bits per heavy atom. The average molecular weight is 286 g/mol. The van der Waals surface area contributed by atoms with Gasteiger partial charge in [0, 0.05) is 30.7 Å². The second-order valence-corrected chi connectivity index (χ2v) is 4.40. The van der Waals surface area contributed by atoms with Crippen molar-refractivity contribution >= 4 is 17.3 Å². The molecule has 21 heavy (non-hydrogen) atoms. The van der Waals surface area contributed by atoms with Crippen LogP contribution in [0.5, 0.6) is 0 Å². The third-order valence-corrected chi connectivity index (χ3v) is 2.88. The number of hydrogen-bond acceptors (Lipinski definition) is 5. The van der Waals surface area contributed by atoms with Gasteiger partial charge in [-0.3, -0.25) is 19.9 Å². The number of nitrogens with zero attached hydrogens (tertiary/aromatic N) is 2. The SMILES string of the molecule is Nc1ccc([N+](=O)[O-])c(C(=O)NCCc2cccnc2)c1. The Balaban J connectivity index is 2.03. The van der Waals surface area contributed by atoms with Crippen LogP contribution in [0, 0.1) is 10.1 Å². The van der Waals surface area contributed by atoms with Crippen molar-refractivity contribution in [1.29, 1.82) is 0 Å². The molecule has 0 radical (unpaired) electrons. The van der Waals surface area contributed by atoms with Crippen LogP contribution in [0.25, 0.3) is 0 Å². The van der Waals surface area contributed by atoms with E-state index in [0.29, 0.717) is 18.7 Å². The molecule has 7 nitrogen and oxygen atoms in total. The van der Waals surface area contributed by atoms with Crippen molar-refractivity contribution in [2.24, 2.45) is 0 Å². The lowest BCUT2D eigenvalue weighted by Gasteiger charge is -2.06. The maximum atomic E-state index is 12.0. The molecule has 0 spiro atoms. The Bertz CT molecular complexity index is 659. The summed E-state index contributed by atoms with van der Waals surface area (Å²) in [6.45, 7) is 0.358. The number of amides is 1. The molecule has 0 aliphatic heterocycles. The minimum Gasteiger partial charge on any atom is -0.399 e. The molecular weight excluding hydrogens is 272 g/mol. The number of rotatable bonds is 5. The van der Waals surface area contributed by atoms with E-state index < -0.39 is 10.8 Å². The van der Waals surface area contributed by atoms with Gasteiger partial charge in [-0.15, -0.1) is 0 Å². The zero-order valence-corrected chi connectivity index (χ0v) is 11.2. The van der Waals surface area contributed by atoms with Crippen molar-refractivity contribution in [1.82, 2.24) is 10.3 Å². The van der Waals surface area contributed by atoms with Gasteiger partial charge >= 0.3 is 0 Å². The van der Waals surface area contributed by atoms with Gasteiger partial charge in [0.25, 0.3) is 11.6 Å². The fourth-order valence-electron chi connectivity index (χ4n) is 1.86. The van der Waals surface area contributed by atoms with E-state index in [-0.39, 0.29) is 11.3 Å². The Kier molecular flexibility index (Phi) is 4.45. The van der Waals surface area contributed by atoms with E-state index in [2.05, 4.69) is 10.3 Å². The van der Waals surface area contributed by atoms with Crippen LogP contribution in [0.4, 0.5) is 11.4 Å². The molecule has 0 saturated carbocycles. The van der Waals surface area contributed by atoms with E-state index in [1.807, 2.05) is 6.07 Å². The number of carbonyl (C=O) groups is 1. The average Bonchev–Trinajstić information content (AvgIpc) is 2.47. The van der Waals surface area contributed by atoms with Gasteiger partial charge in [0.15, 0.2) is 0 Å². The lowest BCUT2D eigenvalue weighted by molar-refractivity contribution is -0.385. The van der Waals surface area contributed by atoms with E-state index in [4.69, 9.17) is 5.73 Å². The van der Waals surface area contributed by atoms with Crippen molar-refractivity contribution in [3.63, 3.8) is 0 Å². The number of pyridine rings is 1. The molecule has 2 aromatic rings. The molecule has 1 heterocycles. The predicted octanol–water partition coefficient (Wildman–Crippen LogP) is 1.54. The summed E-state index contributed by atoms with van der Waals surface area (Å²) in [4.78, 5) is 26.3. The van der Waals surface area contributed by atoms with Crippen molar-refractivity contribution in [3.05, 3.63) is 64.0 Å². The first-order valence-electron chi connectivity index (χ1n) is 6.29. The van der Waals surface area contributed by atoms with Crippen molar-refractivity contribution in [3.8, 4) is 0 Å². The molecule has 0 aliphatic carbocycles. The number of benzene rings is 1. The highest BCUT2D eigenvalue weighted by atomic mass is 16.6. The van der Waals surface area contributed by atoms with Crippen LogP contribution in [-0.4, -0.2) is 22.4 Å². The molecule has 0 saturated heterocycles. The molecule has 2 rings (SSSR count). The monoisotopic (exact) mass is 286 g/mol. The van der Waals surface area contributed by atoms with Crippen LogP contribution in [0.15, 0.2) is 42.7 Å². The molecule has 1 aromatic carbocycles. The lowest BCUT2D eigenvalue weighted by atomic mass is 10.1. The summed E-state index contributed by atoms with van der Waals surface area (Å²) in [6, 6.07) is 7.62. The first kappa shape index (κ1) is 14.4. The Labute approximate surface area is 121 Å². The second kappa shape index (κ2) is 6.47. The maximum Gasteiger partial charge on any atom is 0.282 e. The number of nitrogens with one attached hydrogen (secondary N) is 1. The zero-order valence-electron chi connectivity index (χ0n) is 11.2. The van der Waals surface area contributed by atoms with Crippen LogP contribution < -0.4 is 11.1 Å². The molecule has 108 valence electrons. The third-order valence-electron chi connectivity index (χ3n) is 2.88. The summed E-state index contributed by atoms with van der Waals surface area (Å²) in [5.41, 5.74) is 6.55. The molecular formula is C14H14N4O3. The van der Waals surface area contributed by atoms with Gasteiger partial charge < -0.3 is 11.1 Å². The smallest absolute Gasteiger partial charge is 0.282 e. The normalized spacial score (nSPS) is 10.1. The molecule has 1 aromatic heterocycles. The van der Waals surface area contributed by atoms with Crippen LogP contribution in [0.1, 0.15) is 15.9 Å². The Hall–Kier alpha value is -2.96. The summed E-state index contributed by atoms with van der Waals surface area (Å²) in [6.07, 6.45) is 3.96. The summed E-state index contributed by atoms with van der Waals surface area (Å²) in [5, 5.41) is 13.6. The number of nitro benzene ring substituents is 1. The summed E-state index contributed by atoms with van der Waals surface area (Å²) < 4.78 is 0. The van der Waals surface area contributed by atoms with E-state index in [1.54, 1.807) is 18.5 Å². The van der Waals surface area contributed by atoms with E-state index in [1.165, 1.54) is 18.2 Å². The second-order valence-electron chi connectivity index (χ2n) is 4.40. The van der Waals surface area contributed by atoms with Gasteiger partial charge in [0.2, 0.25) is 0 Å². The summed E-state index contributed by atoms with van der Waals surface area (Å²) in [7, 11) is 0. The van der Waals surface area contributed by atoms with Gasteiger partial charge in [-0.25, -0.2) is 0 Å². The third kappa shape index (κ3) is 3.75. The van der Waals surface area contributed by atoms with Crippen LogP contribution in [-0.2, 0) is 6.42 Å². The summed E-state index contributed by atoms with van der Waals surface area (Å²) >= 11 is 0. The Morgan fingerprint density at radius 3 is 2.86 bits per heavy atom. The molecule has 0 fully saturated rings. The van der Waals surface area contributed by atoms with E-state index in [9.17, 15) is 14.9 Å². The number of hydrogen-bond donors (Lipinski definition) is 2. The fourth-order valence-corrected chi connectivity index (χ4v) is 1.86. The van der Waals surface area contributed by atoms with Gasteiger partial charge in [0.05, 0.1) is 4.92 Å². The van der Waals surface area contributed by atoms with Gasteiger partial charge in [0.1, 0.15) is 5.56 Å². The van der Waals surface area contributed by atoms with Crippen molar-refractivity contribution in [2.45, 2.75) is 6.42 Å². The predicted molar refractivity (Wildman–Crippen MR) is 77.8 cm³/mol. The number of carbonyl (C=O) groups excluding carboxylic acids is 1. The molecule has 3 N–H and O–H groups in total. The standard InChI is InChI=1S/C14H14N4O3/c15-11-3-4-13(18(20)21)12(8-11)14(19)17-7-5-10-2-1-6-16-9-10/h1-4,6,8-9H,5,7,15H2,(H,17,19). The highest BCUT2D eigenvalue weighted by Crippen LogP contribution is 2.20. The highest BCUT2D eigenvalue weighted by Gasteiger charge is 2.19. The molecule has 0 bridgehead atoms. The van der Waals surface area contributed by atoms with Gasteiger partial charge in [-0.05, 0) is 30.2 Å². The van der Waals surface area contributed by atoms with Crippen LogP contribution in [0.3, 0.4) is 0 Å². The van der Waals surface area contributed by atoms with E-state index in [0.717, 1.165) is 5.56 Å². The first-order valence-corrected chi connectivity index (χ1v) is 6.29. The minimum absolute atomic E-state index is 0.0359. The van der Waals surface area contributed by atoms with Crippen molar-refractivity contribution in [2.75, 3.05) is 12.3 Å². The molecule has 0 unspecified atom stereocenters. The molecule has 7 heteroatoms. The quantitative estimate of drug-likeness (QED) is 0.492. The van der Waals surface area contributed by atoms with Crippen molar-refractivity contribution < 1.29 is 9.72 Å². The maximum absolute atomic E-state index is 12.0. The molecule has 0 atom stereocenters. The van der Waals surface area contributed by atoms with Gasteiger partial charge in [-0.2, -0.15) is 0 Å². The number of nitro groups is 1. The molecule has 0 aliphatic rings. The molecule has 1 amide bonds. The largest absolute Gasteiger partial charge is 0.399 e. The van der Waals surface area contributed by atoms with E-state index >= 15 is 0 Å². The van der Waals surface area contributed by atoms with Crippen LogP contribution >= 0.6 is 0 Å². The highest BCUT2D eigenvalue weighted by molar-refractivity contribution is 5.99. The first-order chi connectivity index (χ1) is 10.1. The fraction of sp³-hybridized carbons (Fsp3) is 0.143. The van der Waals surface area contributed by atoms with Crippen LogP contribution in [0.2, 0.25) is 0 Å². The van der Waals surface area contributed by atoms with Gasteiger partial charge in [-0.1, -0.05) is 6.07 Å². The topological polar surface area (TPSA) is 111 Å². The summed E-state index contributed by atoms with van der Waals surface area (Å²) in [5.74, 6) is -0.516.